The Morgan fingerprint density at radius 3 is 2.58 bits per heavy atom. The molecule has 1 amide bonds. The summed E-state index contributed by atoms with van der Waals surface area (Å²) in [5.41, 5.74) is 8.36. The van der Waals surface area contributed by atoms with E-state index < -0.39 is 0 Å². The van der Waals surface area contributed by atoms with Crippen LogP contribution in [0.2, 0.25) is 0 Å². The van der Waals surface area contributed by atoms with Crippen molar-refractivity contribution in [2.45, 2.75) is 57.6 Å². The van der Waals surface area contributed by atoms with Gasteiger partial charge in [-0.1, -0.05) is 18.6 Å². The predicted molar refractivity (Wildman–Crippen MR) is 106 cm³/mol. The van der Waals surface area contributed by atoms with Crippen LogP contribution in [-0.2, 0) is 16.1 Å². The zero-order valence-electron chi connectivity index (χ0n) is 15.4. The summed E-state index contributed by atoms with van der Waals surface area (Å²) in [4.78, 5) is 12.7. The van der Waals surface area contributed by atoms with E-state index in [0.717, 1.165) is 36.6 Å². The molecule has 0 radical (unpaired) electrons. The monoisotopic (exact) mass is 378 g/mol. The van der Waals surface area contributed by atoms with E-state index in [0.29, 0.717) is 24.5 Å². The molecular formula is C21H31ClN2O2. The largest absolute Gasteiger partial charge is 0.376 e. The second-order valence-electron chi connectivity index (χ2n) is 8.34. The number of nitrogens with one attached hydrogen (secondary N) is 1. The fraction of sp³-hybridized carbons (Fsp3) is 0.667. The summed E-state index contributed by atoms with van der Waals surface area (Å²) < 4.78 is 5.76. The van der Waals surface area contributed by atoms with Gasteiger partial charge in [0.2, 0.25) is 5.91 Å². The highest BCUT2D eigenvalue weighted by Gasteiger charge is 2.40. The third kappa shape index (κ3) is 4.79. The first-order valence-corrected chi connectivity index (χ1v) is 9.92. The molecule has 5 heteroatoms. The Morgan fingerprint density at radius 1 is 1.15 bits per heavy atom. The maximum atomic E-state index is 12.7. The minimum atomic E-state index is 0. The molecular weight excluding hydrogens is 348 g/mol. The van der Waals surface area contributed by atoms with E-state index in [-0.39, 0.29) is 24.2 Å². The van der Waals surface area contributed by atoms with Gasteiger partial charge in [-0.3, -0.25) is 4.79 Å². The van der Waals surface area contributed by atoms with Crippen molar-refractivity contribution in [2.75, 3.05) is 11.9 Å². The molecule has 3 fully saturated rings. The molecule has 3 aliphatic carbocycles. The van der Waals surface area contributed by atoms with Gasteiger partial charge in [0.15, 0.2) is 0 Å². The number of hydrogen-bond acceptors (Lipinski definition) is 3. The van der Waals surface area contributed by atoms with E-state index in [4.69, 9.17) is 10.5 Å². The maximum Gasteiger partial charge on any atom is 0.227 e. The zero-order chi connectivity index (χ0) is 17.2. The van der Waals surface area contributed by atoms with Gasteiger partial charge in [0.25, 0.3) is 0 Å². The first-order chi connectivity index (χ1) is 12.2. The van der Waals surface area contributed by atoms with Crippen LogP contribution >= 0.6 is 12.4 Å². The number of anilines is 1. The second-order valence-corrected chi connectivity index (χ2v) is 8.34. The van der Waals surface area contributed by atoms with E-state index >= 15 is 0 Å². The van der Waals surface area contributed by atoms with E-state index in [9.17, 15) is 4.79 Å². The topological polar surface area (TPSA) is 64.4 Å². The number of halogens is 1. The summed E-state index contributed by atoms with van der Waals surface area (Å²) in [6.45, 7) is 1.49. The standard InChI is InChI=1S/C21H30N2O2.ClH/c22-20-16-4-2-5-17(20)11-18(10-16)21(24)23-19-6-1-3-15(9-19)13-25-12-14-7-8-14;/h1,3,6,9,14,16-18,20H,2,4-5,7-8,10-13,22H2,(H,23,24);1H. The lowest BCUT2D eigenvalue weighted by atomic mass is 9.65. The third-order valence-electron chi connectivity index (χ3n) is 6.30. The molecule has 2 bridgehead atoms. The molecule has 144 valence electrons. The Labute approximate surface area is 162 Å². The van der Waals surface area contributed by atoms with E-state index in [2.05, 4.69) is 11.4 Å². The first-order valence-electron chi connectivity index (χ1n) is 9.92. The molecule has 0 saturated heterocycles. The van der Waals surface area contributed by atoms with Crippen molar-refractivity contribution in [3.63, 3.8) is 0 Å². The van der Waals surface area contributed by atoms with Crippen molar-refractivity contribution in [1.29, 1.82) is 0 Å². The van der Waals surface area contributed by atoms with Crippen molar-refractivity contribution in [3.05, 3.63) is 29.8 Å². The number of benzene rings is 1. The summed E-state index contributed by atoms with van der Waals surface area (Å²) in [5.74, 6) is 2.13. The summed E-state index contributed by atoms with van der Waals surface area (Å²) >= 11 is 0. The van der Waals surface area contributed by atoms with Crippen LogP contribution in [-0.4, -0.2) is 18.6 Å². The lowest BCUT2D eigenvalue weighted by Gasteiger charge is -2.43. The minimum Gasteiger partial charge on any atom is -0.376 e. The molecule has 0 spiro atoms. The summed E-state index contributed by atoms with van der Waals surface area (Å²) in [5, 5.41) is 3.13. The lowest BCUT2D eigenvalue weighted by Crippen LogP contribution is -2.48. The highest BCUT2D eigenvalue weighted by atomic mass is 35.5. The molecule has 1 aromatic rings. The SMILES string of the molecule is Cl.NC1C2CCCC1CC(C(=O)Nc1cccc(COCC3CC3)c1)C2. The molecule has 2 unspecified atom stereocenters. The van der Waals surface area contributed by atoms with Gasteiger partial charge in [0, 0.05) is 24.3 Å². The Bertz CT molecular complexity index is 606. The molecule has 2 atom stereocenters. The van der Waals surface area contributed by atoms with Gasteiger partial charge in [0.1, 0.15) is 0 Å². The predicted octanol–water partition coefficient (Wildman–Crippen LogP) is 4.13. The smallest absolute Gasteiger partial charge is 0.227 e. The van der Waals surface area contributed by atoms with Gasteiger partial charge >= 0.3 is 0 Å². The van der Waals surface area contributed by atoms with Crippen molar-refractivity contribution in [3.8, 4) is 0 Å². The Morgan fingerprint density at radius 2 is 1.88 bits per heavy atom. The van der Waals surface area contributed by atoms with Gasteiger partial charge in [-0.2, -0.15) is 0 Å². The van der Waals surface area contributed by atoms with Crippen LogP contribution in [0, 0.1) is 23.7 Å². The van der Waals surface area contributed by atoms with Gasteiger partial charge in [-0.25, -0.2) is 0 Å². The number of rotatable bonds is 6. The highest BCUT2D eigenvalue weighted by Crippen LogP contribution is 2.42. The number of carbonyl (C=O) groups excluding carboxylic acids is 1. The van der Waals surface area contributed by atoms with Crippen LogP contribution in [0.5, 0.6) is 0 Å². The summed E-state index contributed by atoms with van der Waals surface area (Å²) in [6.07, 6.45) is 8.18. The summed E-state index contributed by atoms with van der Waals surface area (Å²) in [7, 11) is 0. The molecule has 4 rings (SSSR count). The molecule has 0 heterocycles. The number of carbonyl (C=O) groups is 1. The fourth-order valence-corrected chi connectivity index (χ4v) is 4.61. The van der Waals surface area contributed by atoms with Gasteiger partial charge in [0.05, 0.1) is 6.61 Å². The molecule has 3 N–H and O–H groups in total. The third-order valence-corrected chi connectivity index (χ3v) is 6.30. The lowest BCUT2D eigenvalue weighted by molar-refractivity contribution is -0.122. The van der Waals surface area contributed by atoms with E-state index in [1.54, 1.807) is 0 Å². The molecule has 0 aromatic heterocycles. The van der Waals surface area contributed by atoms with E-state index in [1.807, 2.05) is 18.2 Å². The van der Waals surface area contributed by atoms with Gasteiger partial charge < -0.3 is 15.8 Å². The van der Waals surface area contributed by atoms with Crippen LogP contribution < -0.4 is 11.1 Å². The van der Waals surface area contributed by atoms with Crippen LogP contribution in [0.4, 0.5) is 5.69 Å². The van der Waals surface area contributed by atoms with Crippen LogP contribution in [0.15, 0.2) is 24.3 Å². The first kappa shape index (κ1) is 19.7. The number of nitrogens with two attached hydrogens (primary N) is 1. The molecule has 26 heavy (non-hydrogen) atoms. The fourth-order valence-electron chi connectivity index (χ4n) is 4.61. The van der Waals surface area contributed by atoms with Gasteiger partial charge in [-0.05, 0) is 74.0 Å². The molecule has 4 nitrogen and oxygen atoms in total. The highest BCUT2D eigenvalue weighted by molar-refractivity contribution is 5.92. The number of amides is 1. The molecule has 1 aromatic carbocycles. The normalized spacial score (nSPS) is 30.3. The molecule has 3 saturated carbocycles. The number of hydrogen-bond donors (Lipinski definition) is 2. The van der Waals surface area contributed by atoms with Crippen molar-refractivity contribution in [2.24, 2.45) is 29.4 Å². The second kappa shape index (κ2) is 8.73. The minimum absolute atomic E-state index is 0. The van der Waals surface area contributed by atoms with Gasteiger partial charge in [-0.15, -0.1) is 12.4 Å². The van der Waals surface area contributed by atoms with Crippen molar-refractivity contribution < 1.29 is 9.53 Å². The Kier molecular flexibility index (Phi) is 6.60. The van der Waals surface area contributed by atoms with Crippen LogP contribution in [0.3, 0.4) is 0 Å². The van der Waals surface area contributed by atoms with E-state index in [1.165, 1.54) is 32.1 Å². The maximum absolute atomic E-state index is 12.7. The zero-order valence-corrected chi connectivity index (χ0v) is 16.2. The van der Waals surface area contributed by atoms with Crippen molar-refractivity contribution in [1.82, 2.24) is 0 Å². The summed E-state index contributed by atoms with van der Waals surface area (Å²) in [6, 6.07) is 8.38. The Balaban J connectivity index is 0.00000196. The van der Waals surface area contributed by atoms with Crippen molar-refractivity contribution >= 4 is 24.0 Å². The molecule has 3 aliphatic rings. The number of fused-ring (bicyclic) bond motifs is 2. The van der Waals surface area contributed by atoms with Crippen LogP contribution in [0.25, 0.3) is 0 Å². The number of ether oxygens (including phenoxy) is 1. The Hall–Kier alpha value is -1.10. The van der Waals surface area contributed by atoms with Crippen LogP contribution in [0.1, 0.15) is 50.5 Å². The average molecular weight is 379 g/mol. The quantitative estimate of drug-likeness (QED) is 0.782. The molecule has 0 aliphatic heterocycles. The average Bonchev–Trinajstić information content (AvgIpc) is 3.39.